The number of methoxy groups -OCH3 is 1. The van der Waals surface area contributed by atoms with Crippen molar-refractivity contribution in [2.24, 2.45) is 0 Å². The molecule has 7 heteroatoms. The zero-order chi connectivity index (χ0) is 23.1. The van der Waals surface area contributed by atoms with E-state index in [0.29, 0.717) is 35.8 Å². The first kappa shape index (κ1) is 20.8. The number of hydrogen-bond donors (Lipinski definition) is 1. The van der Waals surface area contributed by atoms with Gasteiger partial charge in [0.15, 0.2) is 0 Å². The Hall–Kier alpha value is -4.13. The van der Waals surface area contributed by atoms with Crippen molar-refractivity contribution >= 4 is 23.1 Å². The molecular formula is C26H20FNO5. The molecule has 1 amide bonds. The second-order valence-electron chi connectivity index (χ2n) is 7.81. The average Bonchev–Trinajstić information content (AvgIpc) is 3.41. The fourth-order valence-corrected chi connectivity index (χ4v) is 4.34. The van der Waals surface area contributed by atoms with Crippen LogP contribution in [0.4, 0.5) is 10.1 Å². The summed E-state index contributed by atoms with van der Waals surface area (Å²) in [5.74, 6) is -1.51. The fourth-order valence-electron chi connectivity index (χ4n) is 4.34. The van der Waals surface area contributed by atoms with Crippen LogP contribution in [0.5, 0.6) is 11.5 Å². The van der Waals surface area contributed by atoms with Crippen molar-refractivity contribution in [3.63, 3.8) is 0 Å². The number of aliphatic hydroxyl groups is 1. The van der Waals surface area contributed by atoms with Gasteiger partial charge >= 0.3 is 0 Å². The van der Waals surface area contributed by atoms with Crippen LogP contribution in [0.2, 0.25) is 0 Å². The van der Waals surface area contributed by atoms with Crippen molar-refractivity contribution in [2.75, 3.05) is 18.6 Å². The Kier molecular flexibility index (Phi) is 5.09. The zero-order valence-corrected chi connectivity index (χ0v) is 17.7. The first-order chi connectivity index (χ1) is 16.0. The number of rotatable bonds is 4. The fraction of sp³-hybridized carbons (Fsp3) is 0.154. The molecule has 33 heavy (non-hydrogen) atoms. The van der Waals surface area contributed by atoms with Crippen molar-refractivity contribution in [1.29, 1.82) is 0 Å². The van der Waals surface area contributed by atoms with Gasteiger partial charge in [-0.1, -0.05) is 24.3 Å². The summed E-state index contributed by atoms with van der Waals surface area (Å²) in [6.07, 6.45) is 0.672. The monoisotopic (exact) mass is 445 g/mol. The topological polar surface area (TPSA) is 76.1 Å². The number of nitrogens with zero attached hydrogens (tertiary/aromatic N) is 1. The Morgan fingerprint density at radius 3 is 2.70 bits per heavy atom. The molecule has 3 aromatic rings. The summed E-state index contributed by atoms with van der Waals surface area (Å²) in [4.78, 5) is 27.6. The molecule has 1 atom stereocenters. The van der Waals surface area contributed by atoms with Gasteiger partial charge in [0.25, 0.3) is 11.7 Å². The molecule has 2 aliphatic heterocycles. The van der Waals surface area contributed by atoms with E-state index in [1.54, 1.807) is 48.5 Å². The van der Waals surface area contributed by atoms with Crippen molar-refractivity contribution in [2.45, 2.75) is 12.5 Å². The van der Waals surface area contributed by atoms with Crippen LogP contribution < -0.4 is 14.4 Å². The van der Waals surface area contributed by atoms with Gasteiger partial charge in [-0.15, -0.1) is 0 Å². The Bertz CT molecular complexity index is 1320. The molecular weight excluding hydrogens is 425 g/mol. The Morgan fingerprint density at radius 1 is 1.09 bits per heavy atom. The molecule has 6 nitrogen and oxygen atoms in total. The molecule has 0 spiro atoms. The predicted octanol–water partition coefficient (Wildman–Crippen LogP) is 4.40. The number of fused-ring (bicyclic) bond motifs is 1. The number of Topliss-reactive ketones (excluding diaryl/α,β-unsaturated/α-hetero) is 1. The van der Waals surface area contributed by atoms with E-state index in [9.17, 15) is 19.1 Å². The Morgan fingerprint density at radius 2 is 1.91 bits per heavy atom. The van der Waals surface area contributed by atoms with Crippen molar-refractivity contribution in [3.05, 3.63) is 94.8 Å². The highest BCUT2D eigenvalue weighted by molar-refractivity contribution is 6.51. The minimum atomic E-state index is -1.15. The summed E-state index contributed by atoms with van der Waals surface area (Å²) in [5, 5.41) is 11.2. The van der Waals surface area contributed by atoms with E-state index in [1.807, 2.05) is 0 Å². The number of aliphatic hydroxyl groups excluding tert-OH is 1. The molecule has 2 heterocycles. The van der Waals surface area contributed by atoms with E-state index in [-0.39, 0.29) is 16.9 Å². The molecule has 0 aromatic heterocycles. The van der Waals surface area contributed by atoms with Crippen LogP contribution in [-0.2, 0) is 16.0 Å². The quantitative estimate of drug-likeness (QED) is 0.366. The maximum absolute atomic E-state index is 15.0. The smallest absolute Gasteiger partial charge is 0.300 e. The molecule has 0 aliphatic carbocycles. The minimum Gasteiger partial charge on any atom is -0.507 e. The van der Waals surface area contributed by atoms with Crippen LogP contribution in [0.15, 0.2) is 72.3 Å². The van der Waals surface area contributed by atoms with Crippen molar-refractivity contribution in [1.82, 2.24) is 0 Å². The lowest BCUT2D eigenvalue weighted by molar-refractivity contribution is -0.132. The number of hydrogen-bond acceptors (Lipinski definition) is 5. The zero-order valence-electron chi connectivity index (χ0n) is 17.7. The molecule has 166 valence electrons. The second kappa shape index (κ2) is 8.09. The highest BCUT2D eigenvalue weighted by atomic mass is 19.1. The molecule has 0 bridgehead atoms. The first-order valence-corrected chi connectivity index (χ1v) is 10.4. The predicted molar refractivity (Wildman–Crippen MR) is 120 cm³/mol. The summed E-state index contributed by atoms with van der Waals surface area (Å²) in [5.41, 5.74) is 1.54. The molecule has 1 unspecified atom stereocenters. The number of carbonyl (C=O) groups excluding carboxylic acids is 2. The summed E-state index contributed by atoms with van der Waals surface area (Å²) in [7, 11) is 1.49. The second-order valence-corrected chi connectivity index (χ2v) is 7.81. The maximum atomic E-state index is 15.0. The van der Waals surface area contributed by atoms with E-state index >= 15 is 0 Å². The van der Waals surface area contributed by atoms with E-state index in [2.05, 4.69) is 0 Å². The Balaban J connectivity index is 1.72. The minimum absolute atomic E-state index is 0.102. The van der Waals surface area contributed by atoms with Gasteiger partial charge < -0.3 is 14.6 Å². The Labute approximate surface area is 189 Å². The molecule has 2 aliphatic rings. The van der Waals surface area contributed by atoms with Crippen LogP contribution in [0.1, 0.15) is 22.7 Å². The third-order valence-electron chi connectivity index (χ3n) is 5.94. The van der Waals surface area contributed by atoms with E-state index in [1.165, 1.54) is 30.2 Å². The number of halogens is 1. The molecule has 1 N–H and O–H groups in total. The van der Waals surface area contributed by atoms with Crippen molar-refractivity contribution in [3.8, 4) is 11.5 Å². The highest BCUT2D eigenvalue weighted by Gasteiger charge is 2.48. The van der Waals surface area contributed by atoms with Crippen LogP contribution in [-0.4, -0.2) is 30.5 Å². The van der Waals surface area contributed by atoms with Gasteiger partial charge in [-0.2, -0.15) is 0 Å². The van der Waals surface area contributed by atoms with Crippen LogP contribution in [0.25, 0.3) is 5.76 Å². The van der Waals surface area contributed by atoms with Crippen LogP contribution >= 0.6 is 0 Å². The number of ether oxygens (including phenoxy) is 2. The molecule has 0 saturated carbocycles. The molecule has 3 aromatic carbocycles. The maximum Gasteiger partial charge on any atom is 0.300 e. The van der Waals surface area contributed by atoms with E-state index < -0.39 is 23.5 Å². The SMILES string of the molecule is COc1cccc(N2C(=O)C(=O)/C(=C(/O)c3ccc4c(c3)CCO4)C2c2ccccc2F)c1. The summed E-state index contributed by atoms with van der Waals surface area (Å²) in [6.45, 7) is 0.537. The average molecular weight is 445 g/mol. The van der Waals surface area contributed by atoms with Gasteiger partial charge in [0.2, 0.25) is 0 Å². The lowest BCUT2D eigenvalue weighted by Gasteiger charge is -2.26. The third-order valence-corrected chi connectivity index (χ3v) is 5.94. The standard InChI is InChI=1S/C26H20FNO5/c1-32-18-6-4-5-17(14-18)28-23(19-7-2-3-8-20(19)27)22(25(30)26(28)31)24(29)16-9-10-21-15(13-16)11-12-33-21/h2-10,13-14,23,29H,11-12H2,1H3/b24-22+. The summed E-state index contributed by atoms with van der Waals surface area (Å²) >= 11 is 0. The lowest BCUT2D eigenvalue weighted by Crippen LogP contribution is -2.29. The van der Waals surface area contributed by atoms with E-state index in [4.69, 9.17) is 9.47 Å². The molecule has 0 radical (unpaired) electrons. The summed E-state index contributed by atoms with van der Waals surface area (Å²) in [6, 6.07) is 16.4. The first-order valence-electron chi connectivity index (χ1n) is 10.4. The van der Waals surface area contributed by atoms with Crippen molar-refractivity contribution < 1.29 is 28.6 Å². The van der Waals surface area contributed by atoms with Gasteiger partial charge in [-0.05, 0) is 42.0 Å². The third kappa shape index (κ3) is 3.42. The largest absolute Gasteiger partial charge is 0.507 e. The highest BCUT2D eigenvalue weighted by Crippen LogP contribution is 2.44. The van der Waals surface area contributed by atoms with Gasteiger partial charge in [0.05, 0.1) is 25.3 Å². The van der Waals surface area contributed by atoms with Gasteiger partial charge in [-0.25, -0.2) is 4.39 Å². The number of anilines is 1. The number of ketones is 1. The van der Waals surface area contributed by atoms with Gasteiger partial charge in [0, 0.05) is 29.3 Å². The number of carbonyl (C=O) groups is 2. The van der Waals surface area contributed by atoms with Crippen LogP contribution in [0, 0.1) is 5.82 Å². The molecule has 5 rings (SSSR count). The summed E-state index contributed by atoms with van der Waals surface area (Å²) < 4.78 is 25.7. The lowest BCUT2D eigenvalue weighted by atomic mass is 9.94. The van der Waals surface area contributed by atoms with Gasteiger partial charge in [-0.3, -0.25) is 14.5 Å². The number of benzene rings is 3. The van der Waals surface area contributed by atoms with Gasteiger partial charge in [0.1, 0.15) is 23.1 Å². The molecule has 1 saturated heterocycles. The van der Waals surface area contributed by atoms with Crippen LogP contribution in [0.3, 0.4) is 0 Å². The van der Waals surface area contributed by atoms with E-state index in [0.717, 1.165) is 5.56 Å². The molecule has 1 fully saturated rings. The normalized spacial score (nSPS) is 18.8. The number of amides is 1.